The minimum atomic E-state index is 0.207. The maximum Gasteiger partial charge on any atom is 0.0720 e. The minimum Gasteiger partial charge on any atom is -0.375 e. The molecule has 0 aromatic heterocycles. The van der Waals surface area contributed by atoms with Crippen LogP contribution in [-0.2, 0) is 4.74 Å². The molecule has 138 valence electrons. The Morgan fingerprint density at radius 3 is 2.04 bits per heavy atom. The lowest BCUT2D eigenvalue weighted by molar-refractivity contribution is -0.0967. The zero-order valence-corrected chi connectivity index (χ0v) is 17.3. The second kappa shape index (κ2) is 8.31. The van der Waals surface area contributed by atoms with Crippen molar-refractivity contribution in [3.63, 3.8) is 0 Å². The highest BCUT2D eigenvalue weighted by atomic mass is 16.5. The summed E-state index contributed by atoms with van der Waals surface area (Å²) < 4.78 is 6.20. The molecule has 3 nitrogen and oxygen atoms in total. The zero-order valence-electron chi connectivity index (χ0n) is 17.3. The molecular formula is C20H42N2O. The fourth-order valence-corrected chi connectivity index (χ4v) is 3.87. The lowest BCUT2D eigenvalue weighted by atomic mass is 9.80. The van der Waals surface area contributed by atoms with E-state index in [1.807, 2.05) is 0 Å². The van der Waals surface area contributed by atoms with Crippen LogP contribution >= 0.6 is 0 Å². The highest BCUT2D eigenvalue weighted by molar-refractivity contribution is 4.95. The van der Waals surface area contributed by atoms with Gasteiger partial charge in [0.25, 0.3) is 0 Å². The number of nitrogens with zero attached hydrogens (tertiary/aromatic N) is 2. The fraction of sp³-hybridized carbons (Fsp3) is 1.00. The van der Waals surface area contributed by atoms with Crippen LogP contribution in [-0.4, -0.2) is 59.8 Å². The zero-order chi connectivity index (χ0) is 17.8. The lowest BCUT2D eigenvalue weighted by Gasteiger charge is -2.50. The van der Waals surface area contributed by atoms with Crippen LogP contribution in [0.2, 0.25) is 0 Å². The van der Waals surface area contributed by atoms with Crippen molar-refractivity contribution in [3.05, 3.63) is 0 Å². The average molecular weight is 327 g/mol. The molecule has 0 aliphatic carbocycles. The third-order valence-corrected chi connectivity index (χ3v) is 6.74. The van der Waals surface area contributed by atoms with Gasteiger partial charge in [-0.15, -0.1) is 0 Å². The Kier molecular flexibility index (Phi) is 7.56. The molecule has 3 heteroatoms. The summed E-state index contributed by atoms with van der Waals surface area (Å²) in [5, 5.41) is 0. The van der Waals surface area contributed by atoms with Crippen LogP contribution in [0.15, 0.2) is 0 Å². The van der Waals surface area contributed by atoms with Gasteiger partial charge in [-0.1, -0.05) is 41.5 Å². The first kappa shape index (κ1) is 20.9. The molecule has 1 aliphatic rings. The second-order valence-electron chi connectivity index (χ2n) is 8.64. The monoisotopic (exact) mass is 326 g/mol. The van der Waals surface area contributed by atoms with Crippen molar-refractivity contribution in [2.24, 2.45) is 11.8 Å². The molecule has 0 bridgehead atoms. The van der Waals surface area contributed by atoms with Gasteiger partial charge in [0.2, 0.25) is 0 Å². The Labute approximate surface area is 145 Å². The van der Waals surface area contributed by atoms with Gasteiger partial charge in [-0.05, 0) is 52.1 Å². The van der Waals surface area contributed by atoms with Crippen LogP contribution in [0.4, 0.5) is 0 Å². The molecule has 1 fully saturated rings. The van der Waals surface area contributed by atoms with E-state index < -0.39 is 0 Å². The molecule has 1 heterocycles. The first-order valence-corrected chi connectivity index (χ1v) is 9.71. The maximum absolute atomic E-state index is 6.20. The van der Waals surface area contributed by atoms with E-state index in [2.05, 4.69) is 72.1 Å². The molecule has 0 N–H and O–H groups in total. The van der Waals surface area contributed by atoms with Crippen molar-refractivity contribution < 1.29 is 4.74 Å². The van der Waals surface area contributed by atoms with Crippen molar-refractivity contribution in [3.8, 4) is 0 Å². The second-order valence-corrected chi connectivity index (χ2v) is 8.64. The van der Waals surface area contributed by atoms with Crippen LogP contribution in [0.25, 0.3) is 0 Å². The molecule has 0 saturated carbocycles. The summed E-state index contributed by atoms with van der Waals surface area (Å²) in [7, 11) is 0. The maximum atomic E-state index is 6.20. The van der Waals surface area contributed by atoms with Gasteiger partial charge in [0.15, 0.2) is 0 Å². The summed E-state index contributed by atoms with van der Waals surface area (Å²) >= 11 is 0. The number of hydrogen-bond acceptors (Lipinski definition) is 3. The van der Waals surface area contributed by atoms with Gasteiger partial charge >= 0.3 is 0 Å². The Morgan fingerprint density at radius 1 is 1.04 bits per heavy atom. The van der Waals surface area contributed by atoms with Gasteiger partial charge in [0.05, 0.1) is 12.7 Å². The molecule has 0 spiro atoms. The molecule has 1 saturated heterocycles. The van der Waals surface area contributed by atoms with E-state index in [-0.39, 0.29) is 11.1 Å². The number of rotatable bonds is 8. The topological polar surface area (TPSA) is 15.7 Å². The smallest absolute Gasteiger partial charge is 0.0720 e. The Balaban J connectivity index is 2.85. The van der Waals surface area contributed by atoms with Crippen LogP contribution in [0, 0.1) is 11.8 Å². The van der Waals surface area contributed by atoms with Crippen LogP contribution in [0.5, 0.6) is 0 Å². The molecule has 23 heavy (non-hydrogen) atoms. The molecule has 0 radical (unpaired) electrons. The van der Waals surface area contributed by atoms with E-state index in [1.165, 1.54) is 0 Å². The van der Waals surface area contributed by atoms with E-state index >= 15 is 0 Å². The standard InChI is InChI=1S/C20H42N2O/c1-10-21(11-2)20(9,17(5)6)14-18-15-22(12-13-23-18)19(7,8)16(3)4/h16-18H,10-15H2,1-9H3. The van der Waals surface area contributed by atoms with Crippen molar-refractivity contribution in [1.82, 2.24) is 9.80 Å². The van der Waals surface area contributed by atoms with Crippen molar-refractivity contribution in [2.45, 2.75) is 85.9 Å². The molecule has 1 aliphatic heterocycles. The van der Waals surface area contributed by atoms with E-state index in [0.717, 1.165) is 39.2 Å². The van der Waals surface area contributed by atoms with E-state index in [9.17, 15) is 0 Å². The molecule has 0 amide bonds. The summed E-state index contributed by atoms with van der Waals surface area (Å²) in [5.41, 5.74) is 0.449. The summed E-state index contributed by atoms with van der Waals surface area (Å²) in [6.07, 6.45) is 1.46. The summed E-state index contributed by atoms with van der Waals surface area (Å²) in [6.45, 7) is 26.3. The van der Waals surface area contributed by atoms with Crippen LogP contribution < -0.4 is 0 Å². The van der Waals surface area contributed by atoms with Gasteiger partial charge in [-0.3, -0.25) is 9.80 Å². The molecule has 2 unspecified atom stereocenters. The normalized spacial score (nSPS) is 23.7. The minimum absolute atomic E-state index is 0.207. The Bertz CT molecular complexity index is 350. The molecule has 2 atom stereocenters. The summed E-state index contributed by atoms with van der Waals surface area (Å²) in [6, 6.07) is 0. The number of hydrogen-bond donors (Lipinski definition) is 0. The summed E-state index contributed by atoms with van der Waals surface area (Å²) in [5.74, 6) is 1.28. The molecule has 1 rings (SSSR count). The third kappa shape index (κ3) is 4.70. The van der Waals surface area contributed by atoms with E-state index in [0.29, 0.717) is 17.9 Å². The summed E-state index contributed by atoms with van der Waals surface area (Å²) in [4.78, 5) is 5.27. The van der Waals surface area contributed by atoms with Gasteiger partial charge in [-0.2, -0.15) is 0 Å². The van der Waals surface area contributed by atoms with Gasteiger partial charge in [-0.25, -0.2) is 0 Å². The number of ether oxygens (including phenoxy) is 1. The van der Waals surface area contributed by atoms with E-state index in [4.69, 9.17) is 4.74 Å². The molecular weight excluding hydrogens is 284 g/mol. The van der Waals surface area contributed by atoms with Crippen molar-refractivity contribution >= 4 is 0 Å². The van der Waals surface area contributed by atoms with E-state index in [1.54, 1.807) is 0 Å². The largest absolute Gasteiger partial charge is 0.375 e. The van der Waals surface area contributed by atoms with Gasteiger partial charge < -0.3 is 4.74 Å². The first-order chi connectivity index (χ1) is 10.6. The lowest BCUT2D eigenvalue weighted by Crippen LogP contribution is -2.58. The van der Waals surface area contributed by atoms with Crippen LogP contribution in [0.3, 0.4) is 0 Å². The predicted molar refractivity (Wildman–Crippen MR) is 101 cm³/mol. The highest BCUT2D eigenvalue weighted by Gasteiger charge is 2.40. The first-order valence-electron chi connectivity index (χ1n) is 9.71. The fourth-order valence-electron chi connectivity index (χ4n) is 3.87. The van der Waals surface area contributed by atoms with Crippen LogP contribution in [0.1, 0.15) is 68.7 Å². The average Bonchev–Trinajstić information content (AvgIpc) is 2.48. The quantitative estimate of drug-likeness (QED) is 0.662. The Hall–Kier alpha value is -0.120. The predicted octanol–water partition coefficient (Wildman–Crippen LogP) is 4.27. The molecule has 0 aromatic rings. The third-order valence-electron chi connectivity index (χ3n) is 6.74. The Morgan fingerprint density at radius 2 is 1.61 bits per heavy atom. The van der Waals surface area contributed by atoms with Gasteiger partial charge in [0.1, 0.15) is 0 Å². The number of morpholine rings is 1. The van der Waals surface area contributed by atoms with Crippen molar-refractivity contribution in [1.29, 1.82) is 0 Å². The molecule has 0 aromatic carbocycles. The highest BCUT2D eigenvalue weighted by Crippen LogP contribution is 2.33. The SMILES string of the molecule is CCN(CC)C(C)(CC1CN(C(C)(C)C(C)C)CCO1)C(C)C. The van der Waals surface area contributed by atoms with Gasteiger partial charge in [0, 0.05) is 24.2 Å². The van der Waals surface area contributed by atoms with Crippen molar-refractivity contribution in [2.75, 3.05) is 32.8 Å².